The van der Waals surface area contributed by atoms with E-state index >= 15 is 0 Å². The van der Waals surface area contributed by atoms with E-state index in [1.165, 1.54) is 25.7 Å². The molecule has 120 valence electrons. The summed E-state index contributed by atoms with van der Waals surface area (Å²) in [6.07, 6.45) is 7.33. The number of hydrazine groups is 1. The van der Waals surface area contributed by atoms with Crippen molar-refractivity contribution in [3.8, 4) is 0 Å². The van der Waals surface area contributed by atoms with Crippen LogP contribution >= 0.6 is 0 Å². The maximum Gasteiger partial charge on any atom is 0.138 e. The van der Waals surface area contributed by atoms with Gasteiger partial charge in [-0.3, -0.25) is 16.0 Å². The smallest absolute Gasteiger partial charge is 0.138 e. The largest absolute Gasteiger partial charge is 0.302 e. The molecule has 3 N–H and O–H groups in total. The van der Waals surface area contributed by atoms with Crippen LogP contribution < -0.4 is 11.3 Å². The molecular formula is C15H30N6. The quantitative estimate of drug-likeness (QED) is 0.609. The van der Waals surface area contributed by atoms with Crippen LogP contribution in [-0.4, -0.2) is 45.3 Å². The van der Waals surface area contributed by atoms with E-state index < -0.39 is 0 Å². The first-order chi connectivity index (χ1) is 10.0. The van der Waals surface area contributed by atoms with Crippen LogP contribution in [0.3, 0.4) is 0 Å². The van der Waals surface area contributed by atoms with Crippen molar-refractivity contribution in [2.45, 2.75) is 64.1 Å². The molecule has 1 aromatic rings. The van der Waals surface area contributed by atoms with E-state index in [1.807, 2.05) is 4.68 Å². The number of nitrogens with zero attached hydrogens (tertiary/aromatic N) is 4. The molecule has 1 aliphatic carbocycles. The van der Waals surface area contributed by atoms with Gasteiger partial charge < -0.3 is 4.90 Å². The lowest BCUT2D eigenvalue weighted by molar-refractivity contribution is 0.0424. The zero-order valence-electron chi connectivity index (χ0n) is 13.8. The van der Waals surface area contributed by atoms with Crippen LogP contribution in [0, 0.1) is 5.92 Å². The summed E-state index contributed by atoms with van der Waals surface area (Å²) in [5, 5.41) is 4.27. The van der Waals surface area contributed by atoms with Gasteiger partial charge in [0.1, 0.15) is 12.2 Å². The third-order valence-electron chi connectivity index (χ3n) is 5.26. The summed E-state index contributed by atoms with van der Waals surface area (Å²) in [5.74, 6) is 7.76. The molecule has 1 fully saturated rings. The lowest BCUT2D eigenvalue weighted by atomic mass is 9.71. The van der Waals surface area contributed by atoms with E-state index in [4.69, 9.17) is 5.84 Å². The van der Waals surface area contributed by atoms with Crippen LogP contribution in [0.4, 0.5) is 0 Å². The summed E-state index contributed by atoms with van der Waals surface area (Å²) < 4.78 is 1.96. The molecule has 2 rings (SSSR count). The molecule has 1 heterocycles. The number of hydrogen-bond donors (Lipinski definition) is 2. The molecular weight excluding hydrogens is 264 g/mol. The summed E-state index contributed by atoms with van der Waals surface area (Å²) in [6, 6.07) is 0.189. The zero-order valence-corrected chi connectivity index (χ0v) is 13.8. The number of rotatable bonds is 6. The minimum atomic E-state index is 0.103. The highest BCUT2D eigenvalue weighted by molar-refractivity contribution is 5.05. The molecule has 0 saturated heterocycles. The molecule has 1 unspecified atom stereocenters. The fraction of sp³-hybridized carbons (Fsp3) is 0.867. The number of nitrogens with one attached hydrogen (secondary N) is 1. The highest BCUT2D eigenvalue weighted by Crippen LogP contribution is 2.38. The fourth-order valence-electron chi connectivity index (χ4n) is 3.67. The van der Waals surface area contributed by atoms with Gasteiger partial charge in [-0.1, -0.05) is 6.92 Å². The van der Waals surface area contributed by atoms with Crippen molar-refractivity contribution < 1.29 is 0 Å². The van der Waals surface area contributed by atoms with E-state index in [-0.39, 0.29) is 11.6 Å². The van der Waals surface area contributed by atoms with Crippen LogP contribution in [0.15, 0.2) is 6.33 Å². The first-order valence-electron chi connectivity index (χ1n) is 8.03. The molecule has 1 aromatic heterocycles. The first-order valence-corrected chi connectivity index (χ1v) is 8.03. The van der Waals surface area contributed by atoms with Crippen molar-refractivity contribution in [1.29, 1.82) is 0 Å². The molecule has 0 aromatic carbocycles. The van der Waals surface area contributed by atoms with E-state index in [0.717, 1.165) is 24.7 Å². The van der Waals surface area contributed by atoms with Gasteiger partial charge in [0.2, 0.25) is 0 Å². The van der Waals surface area contributed by atoms with Crippen molar-refractivity contribution in [2.75, 3.05) is 14.1 Å². The number of likely N-dealkylation sites (N-methyl/N-ethyl adjacent to an activating group) is 1. The maximum atomic E-state index is 5.94. The van der Waals surface area contributed by atoms with Gasteiger partial charge in [-0.15, -0.1) is 0 Å². The third kappa shape index (κ3) is 3.27. The molecule has 0 amide bonds. The minimum Gasteiger partial charge on any atom is -0.302 e. The second kappa shape index (κ2) is 6.85. The Balaban J connectivity index is 2.20. The standard InChI is InChI=1S/C15H30N6/c1-5-21-14(17-11-18-21)10-13(19-16)15(20(3)4)8-6-12(2)7-9-15/h11-13,19H,5-10,16H2,1-4H3. The van der Waals surface area contributed by atoms with Crippen molar-refractivity contribution in [1.82, 2.24) is 25.1 Å². The van der Waals surface area contributed by atoms with Crippen LogP contribution in [0.2, 0.25) is 0 Å². The summed E-state index contributed by atoms with van der Waals surface area (Å²) in [5.41, 5.74) is 3.18. The predicted molar refractivity (Wildman–Crippen MR) is 84.6 cm³/mol. The van der Waals surface area contributed by atoms with Gasteiger partial charge in [-0.05, 0) is 52.6 Å². The topological polar surface area (TPSA) is 72.0 Å². The second-order valence-corrected chi connectivity index (χ2v) is 6.60. The summed E-state index contributed by atoms with van der Waals surface area (Å²) in [6.45, 7) is 5.28. The van der Waals surface area contributed by atoms with Gasteiger partial charge in [0, 0.05) is 24.5 Å². The third-order valence-corrected chi connectivity index (χ3v) is 5.26. The number of aryl methyl sites for hydroxylation is 1. The summed E-state index contributed by atoms with van der Waals surface area (Å²) in [7, 11) is 4.34. The molecule has 21 heavy (non-hydrogen) atoms. The summed E-state index contributed by atoms with van der Waals surface area (Å²) in [4.78, 5) is 6.77. The minimum absolute atomic E-state index is 0.103. The van der Waals surface area contributed by atoms with E-state index in [0.29, 0.717) is 0 Å². The lowest BCUT2D eigenvalue weighted by Gasteiger charge is -2.49. The maximum absolute atomic E-state index is 5.94. The molecule has 1 saturated carbocycles. The van der Waals surface area contributed by atoms with E-state index in [2.05, 4.69) is 48.4 Å². The molecule has 1 aliphatic rings. The van der Waals surface area contributed by atoms with E-state index in [1.54, 1.807) is 6.33 Å². The molecule has 0 spiro atoms. The van der Waals surface area contributed by atoms with Gasteiger partial charge in [-0.2, -0.15) is 5.10 Å². The summed E-state index contributed by atoms with van der Waals surface area (Å²) >= 11 is 0. The number of hydrogen-bond acceptors (Lipinski definition) is 5. The second-order valence-electron chi connectivity index (χ2n) is 6.60. The Morgan fingerprint density at radius 3 is 2.67 bits per heavy atom. The Bertz CT molecular complexity index is 433. The van der Waals surface area contributed by atoms with Crippen LogP contribution in [0.25, 0.3) is 0 Å². The molecule has 0 bridgehead atoms. The normalized spacial score (nSPS) is 28.0. The van der Waals surface area contributed by atoms with Crippen LogP contribution in [0.1, 0.15) is 45.4 Å². The number of aromatic nitrogens is 3. The van der Waals surface area contributed by atoms with Crippen molar-refractivity contribution in [2.24, 2.45) is 11.8 Å². The van der Waals surface area contributed by atoms with Gasteiger partial charge in [0.15, 0.2) is 0 Å². The van der Waals surface area contributed by atoms with E-state index in [9.17, 15) is 0 Å². The van der Waals surface area contributed by atoms with Gasteiger partial charge in [0.05, 0.1) is 0 Å². The van der Waals surface area contributed by atoms with Crippen molar-refractivity contribution in [3.63, 3.8) is 0 Å². The molecule has 6 nitrogen and oxygen atoms in total. The first kappa shape index (κ1) is 16.4. The van der Waals surface area contributed by atoms with Crippen LogP contribution in [-0.2, 0) is 13.0 Å². The number of nitrogens with two attached hydrogens (primary N) is 1. The van der Waals surface area contributed by atoms with Gasteiger partial charge in [0.25, 0.3) is 0 Å². The molecule has 1 atom stereocenters. The van der Waals surface area contributed by atoms with Crippen molar-refractivity contribution in [3.05, 3.63) is 12.2 Å². The van der Waals surface area contributed by atoms with Crippen LogP contribution in [0.5, 0.6) is 0 Å². The fourth-order valence-corrected chi connectivity index (χ4v) is 3.67. The molecule has 0 radical (unpaired) electrons. The highest BCUT2D eigenvalue weighted by Gasteiger charge is 2.43. The highest BCUT2D eigenvalue weighted by atomic mass is 15.3. The molecule has 6 heteroatoms. The average Bonchev–Trinajstić information content (AvgIpc) is 2.93. The van der Waals surface area contributed by atoms with Crippen molar-refractivity contribution >= 4 is 0 Å². The van der Waals surface area contributed by atoms with Gasteiger partial charge in [-0.25, -0.2) is 4.98 Å². The SMILES string of the molecule is CCn1ncnc1CC(NN)C1(N(C)C)CCC(C)CC1. The molecule has 0 aliphatic heterocycles. The lowest BCUT2D eigenvalue weighted by Crippen LogP contribution is -2.63. The monoisotopic (exact) mass is 294 g/mol. The average molecular weight is 294 g/mol. The van der Waals surface area contributed by atoms with Gasteiger partial charge >= 0.3 is 0 Å². The Morgan fingerprint density at radius 2 is 2.14 bits per heavy atom. The zero-order chi connectivity index (χ0) is 15.5. The predicted octanol–water partition coefficient (Wildman–Crippen LogP) is 1.18. The Labute approximate surface area is 128 Å². The Morgan fingerprint density at radius 1 is 1.48 bits per heavy atom. The Hall–Kier alpha value is -0.980. The Kier molecular flexibility index (Phi) is 5.35.